The summed E-state index contributed by atoms with van der Waals surface area (Å²) in [6, 6.07) is 0. The summed E-state index contributed by atoms with van der Waals surface area (Å²) in [4.78, 5) is 12.8. The number of morpholine rings is 1. The van der Waals surface area contributed by atoms with Gasteiger partial charge in [-0.1, -0.05) is 5.21 Å². The van der Waals surface area contributed by atoms with Gasteiger partial charge in [0, 0.05) is 32.3 Å². The van der Waals surface area contributed by atoms with Crippen molar-refractivity contribution in [2.45, 2.75) is 25.8 Å². The summed E-state index contributed by atoms with van der Waals surface area (Å²) in [6.07, 6.45) is 3.37. The summed E-state index contributed by atoms with van der Waals surface area (Å²) in [6.45, 7) is 5.31. The van der Waals surface area contributed by atoms with E-state index in [1.165, 1.54) is 0 Å². The smallest absolute Gasteiger partial charge is 0.303 e. The number of rotatable bonds is 7. The number of aryl methyl sites for hydroxylation is 1. The normalized spacial score (nSPS) is 16.6. The van der Waals surface area contributed by atoms with Crippen LogP contribution in [0.1, 0.15) is 18.5 Å². The molecule has 1 aliphatic heterocycles. The average molecular weight is 268 g/mol. The molecule has 1 aliphatic rings. The molecular weight excluding hydrogens is 248 g/mol. The summed E-state index contributed by atoms with van der Waals surface area (Å²) in [5.74, 6) is -0.764. The number of carbonyl (C=O) groups is 1. The first-order valence-electron chi connectivity index (χ1n) is 6.65. The summed E-state index contributed by atoms with van der Waals surface area (Å²) in [5, 5.41) is 16.7. The number of nitrogens with zero attached hydrogens (tertiary/aromatic N) is 4. The molecule has 2 rings (SSSR count). The molecule has 1 aromatic rings. The average Bonchev–Trinajstić information content (AvgIpc) is 2.85. The van der Waals surface area contributed by atoms with Crippen molar-refractivity contribution in [1.82, 2.24) is 19.9 Å². The highest BCUT2D eigenvalue weighted by molar-refractivity contribution is 5.66. The van der Waals surface area contributed by atoms with Gasteiger partial charge in [0.05, 0.1) is 25.5 Å². The van der Waals surface area contributed by atoms with Gasteiger partial charge in [0.25, 0.3) is 0 Å². The molecule has 0 spiro atoms. The van der Waals surface area contributed by atoms with Gasteiger partial charge >= 0.3 is 5.97 Å². The van der Waals surface area contributed by atoms with Gasteiger partial charge in [0.2, 0.25) is 0 Å². The minimum absolute atomic E-state index is 0.181. The third kappa shape index (κ3) is 4.96. The molecule has 1 N–H and O–H groups in total. The van der Waals surface area contributed by atoms with Gasteiger partial charge in [-0.3, -0.25) is 14.4 Å². The molecule has 0 bridgehead atoms. The lowest BCUT2D eigenvalue weighted by Gasteiger charge is -2.26. The molecule has 0 atom stereocenters. The lowest BCUT2D eigenvalue weighted by molar-refractivity contribution is -0.137. The van der Waals surface area contributed by atoms with Crippen molar-refractivity contribution >= 4 is 5.97 Å². The first kappa shape index (κ1) is 14.0. The Kier molecular flexibility index (Phi) is 5.29. The van der Waals surface area contributed by atoms with Crippen LogP contribution in [0, 0.1) is 0 Å². The number of hydrogen-bond donors (Lipinski definition) is 1. The van der Waals surface area contributed by atoms with Crippen LogP contribution in [0.15, 0.2) is 6.20 Å². The van der Waals surface area contributed by atoms with Gasteiger partial charge in [0.15, 0.2) is 0 Å². The first-order valence-corrected chi connectivity index (χ1v) is 6.65. The van der Waals surface area contributed by atoms with E-state index in [-0.39, 0.29) is 6.42 Å². The van der Waals surface area contributed by atoms with Crippen LogP contribution < -0.4 is 0 Å². The van der Waals surface area contributed by atoms with E-state index in [1.54, 1.807) is 0 Å². The van der Waals surface area contributed by atoms with Crippen LogP contribution in [-0.2, 0) is 22.5 Å². The topological polar surface area (TPSA) is 80.5 Å². The number of carboxylic acids is 1. The van der Waals surface area contributed by atoms with Crippen molar-refractivity contribution in [3.8, 4) is 0 Å². The predicted octanol–water partition coefficient (Wildman–Crippen LogP) is 0.0176. The molecule has 7 nitrogen and oxygen atoms in total. The fraction of sp³-hybridized carbons (Fsp3) is 0.750. The van der Waals surface area contributed by atoms with Crippen molar-refractivity contribution < 1.29 is 14.6 Å². The lowest BCUT2D eigenvalue weighted by atomic mass is 10.2. The fourth-order valence-corrected chi connectivity index (χ4v) is 2.05. The van der Waals surface area contributed by atoms with Crippen molar-refractivity contribution in [2.24, 2.45) is 0 Å². The number of hydrogen-bond acceptors (Lipinski definition) is 5. The Labute approximate surface area is 112 Å². The highest BCUT2D eigenvalue weighted by Gasteiger charge is 2.10. The van der Waals surface area contributed by atoms with Crippen molar-refractivity contribution in [3.63, 3.8) is 0 Å². The van der Waals surface area contributed by atoms with Gasteiger partial charge in [-0.15, -0.1) is 5.10 Å². The van der Waals surface area contributed by atoms with Gasteiger partial charge < -0.3 is 9.84 Å². The summed E-state index contributed by atoms with van der Waals surface area (Å²) in [7, 11) is 0. The second-order valence-corrected chi connectivity index (χ2v) is 4.67. The first-order chi connectivity index (χ1) is 9.24. The summed E-state index contributed by atoms with van der Waals surface area (Å²) in [5.41, 5.74) is 0.864. The Morgan fingerprint density at radius 2 is 2.16 bits per heavy atom. The second-order valence-electron chi connectivity index (χ2n) is 4.67. The van der Waals surface area contributed by atoms with E-state index in [2.05, 4.69) is 15.2 Å². The lowest BCUT2D eigenvalue weighted by Crippen LogP contribution is -2.38. The van der Waals surface area contributed by atoms with E-state index in [0.717, 1.165) is 45.1 Å². The van der Waals surface area contributed by atoms with Crippen molar-refractivity contribution in [1.29, 1.82) is 0 Å². The highest BCUT2D eigenvalue weighted by Crippen LogP contribution is 2.02. The Morgan fingerprint density at radius 1 is 1.37 bits per heavy atom. The maximum absolute atomic E-state index is 10.4. The van der Waals surface area contributed by atoms with Crippen LogP contribution in [0.4, 0.5) is 0 Å². The van der Waals surface area contributed by atoms with Crippen LogP contribution in [-0.4, -0.2) is 63.8 Å². The third-order valence-electron chi connectivity index (χ3n) is 3.16. The van der Waals surface area contributed by atoms with E-state index in [4.69, 9.17) is 9.84 Å². The number of aliphatic carboxylic acids is 1. The molecule has 2 heterocycles. The molecule has 0 saturated carbocycles. The number of carboxylic acid groups (broad SMARTS) is 1. The van der Waals surface area contributed by atoms with Crippen LogP contribution >= 0.6 is 0 Å². The second kappa shape index (κ2) is 7.20. The Bertz CT molecular complexity index is 401. The van der Waals surface area contributed by atoms with E-state index < -0.39 is 5.97 Å². The molecule has 7 heteroatoms. The fourth-order valence-electron chi connectivity index (χ4n) is 2.05. The van der Waals surface area contributed by atoms with Gasteiger partial charge in [0.1, 0.15) is 0 Å². The Morgan fingerprint density at radius 3 is 2.89 bits per heavy atom. The van der Waals surface area contributed by atoms with Gasteiger partial charge in [-0.25, -0.2) is 0 Å². The molecule has 0 radical (unpaired) electrons. The molecule has 0 aliphatic carbocycles. The van der Waals surface area contributed by atoms with Gasteiger partial charge in [-0.2, -0.15) is 0 Å². The van der Waals surface area contributed by atoms with Crippen LogP contribution in [0.3, 0.4) is 0 Å². The van der Waals surface area contributed by atoms with E-state index in [0.29, 0.717) is 12.8 Å². The zero-order valence-electron chi connectivity index (χ0n) is 11.0. The van der Waals surface area contributed by atoms with E-state index in [9.17, 15) is 4.79 Å². The van der Waals surface area contributed by atoms with Crippen molar-refractivity contribution in [3.05, 3.63) is 11.9 Å². The minimum atomic E-state index is -0.764. The molecule has 19 heavy (non-hydrogen) atoms. The minimum Gasteiger partial charge on any atom is -0.481 e. The quantitative estimate of drug-likeness (QED) is 0.751. The van der Waals surface area contributed by atoms with E-state index >= 15 is 0 Å². The molecule has 0 aromatic carbocycles. The molecule has 0 amide bonds. The molecule has 1 aromatic heterocycles. The number of aromatic nitrogens is 3. The van der Waals surface area contributed by atoms with Crippen LogP contribution in [0.25, 0.3) is 0 Å². The molecule has 106 valence electrons. The molecule has 1 fully saturated rings. The maximum atomic E-state index is 10.4. The van der Waals surface area contributed by atoms with Crippen molar-refractivity contribution in [2.75, 3.05) is 32.8 Å². The summed E-state index contributed by atoms with van der Waals surface area (Å²) >= 11 is 0. The highest BCUT2D eigenvalue weighted by atomic mass is 16.5. The Hall–Kier alpha value is -1.47. The monoisotopic (exact) mass is 268 g/mol. The number of ether oxygens (including phenoxy) is 1. The van der Waals surface area contributed by atoms with Gasteiger partial charge in [-0.05, 0) is 12.8 Å². The molecule has 1 saturated heterocycles. The SMILES string of the molecule is O=C(O)CCCc1cn(CCN2CCOCC2)nn1. The summed E-state index contributed by atoms with van der Waals surface area (Å²) < 4.78 is 7.12. The standard InChI is InChI=1S/C12H20N4O3/c17-12(18)3-1-2-11-10-16(14-13-11)5-4-15-6-8-19-9-7-15/h10H,1-9H2,(H,17,18). The maximum Gasteiger partial charge on any atom is 0.303 e. The zero-order chi connectivity index (χ0) is 13.5. The van der Waals surface area contributed by atoms with Crippen LogP contribution in [0.5, 0.6) is 0 Å². The van der Waals surface area contributed by atoms with E-state index in [1.807, 2.05) is 10.9 Å². The largest absolute Gasteiger partial charge is 0.481 e. The Balaban J connectivity index is 1.69. The zero-order valence-corrected chi connectivity index (χ0v) is 11.0. The molecular formula is C12H20N4O3. The molecule has 0 unspecified atom stereocenters. The third-order valence-corrected chi connectivity index (χ3v) is 3.16. The predicted molar refractivity (Wildman–Crippen MR) is 67.9 cm³/mol. The van der Waals surface area contributed by atoms with Crippen LogP contribution in [0.2, 0.25) is 0 Å².